The maximum absolute atomic E-state index is 13.5. The van der Waals surface area contributed by atoms with Gasteiger partial charge in [0.1, 0.15) is 5.82 Å². The third kappa shape index (κ3) is 2.89. The summed E-state index contributed by atoms with van der Waals surface area (Å²) in [7, 11) is 0. The van der Waals surface area contributed by atoms with Gasteiger partial charge in [-0.2, -0.15) is 0 Å². The largest absolute Gasteiger partial charge is 0.503 e. The van der Waals surface area contributed by atoms with Gasteiger partial charge in [-0.05, 0) is 54.4 Å². The maximum Gasteiger partial charge on any atom is 0.294 e. The molecule has 1 atom stereocenters. The van der Waals surface area contributed by atoms with E-state index in [1.54, 1.807) is 24.3 Å². The number of carbonyl (C=O) groups is 2. The summed E-state index contributed by atoms with van der Waals surface area (Å²) in [5, 5.41) is 10.6. The van der Waals surface area contributed by atoms with E-state index in [0.717, 1.165) is 5.56 Å². The van der Waals surface area contributed by atoms with E-state index in [1.807, 2.05) is 13.0 Å². The second kappa shape index (κ2) is 6.81. The highest BCUT2D eigenvalue weighted by Crippen LogP contribution is 2.42. The average molecular weight is 377 g/mol. The van der Waals surface area contributed by atoms with Gasteiger partial charge >= 0.3 is 0 Å². The summed E-state index contributed by atoms with van der Waals surface area (Å²) < 4.78 is 18.6. The Bertz CT molecular complexity index is 1080. The summed E-state index contributed by atoms with van der Waals surface area (Å²) in [5.74, 6) is -2.37. The predicted molar refractivity (Wildman–Crippen MR) is 100 cm³/mol. The first-order valence-electron chi connectivity index (χ1n) is 8.64. The topological polar surface area (TPSA) is 70.8 Å². The van der Waals surface area contributed by atoms with Crippen molar-refractivity contribution in [1.82, 2.24) is 0 Å². The molecule has 0 saturated carbocycles. The number of rotatable bonds is 4. The smallest absolute Gasteiger partial charge is 0.294 e. The van der Waals surface area contributed by atoms with E-state index in [9.17, 15) is 19.1 Å². The highest BCUT2D eigenvalue weighted by Gasteiger charge is 2.45. The summed E-state index contributed by atoms with van der Waals surface area (Å²) in [5.41, 5.74) is 1.82. The summed E-state index contributed by atoms with van der Waals surface area (Å²) in [4.78, 5) is 27.2. The number of aliphatic hydroxyl groups is 1. The molecule has 3 aromatic rings. The fourth-order valence-corrected chi connectivity index (χ4v) is 3.38. The van der Waals surface area contributed by atoms with E-state index in [2.05, 4.69) is 0 Å². The lowest BCUT2D eigenvalue weighted by Crippen LogP contribution is -2.31. The van der Waals surface area contributed by atoms with Crippen molar-refractivity contribution in [2.24, 2.45) is 0 Å². The molecule has 0 bridgehead atoms. The third-order valence-electron chi connectivity index (χ3n) is 4.66. The van der Waals surface area contributed by atoms with Crippen LogP contribution in [0.5, 0.6) is 0 Å². The van der Waals surface area contributed by atoms with Gasteiger partial charge in [-0.1, -0.05) is 24.3 Å². The Labute approximate surface area is 160 Å². The number of ketones is 1. The number of hydrogen-bond acceptors (Lipinski definition) is 4. The van der Waals surface area contributed by atoms with E-state index in [4.69, 9.17) is 4.42 Å². The third-order valence-corrected chi connectivity index (χ3v) is 4.66. The zero-order chi connectivity index (χ0) is 19.8. The van der Waals surface area contributed by atoms with Gasteiger partial charge in [-0.3, -0.25) is 14.5 Å². The SMILES string of the molecule is Cc1cccc(N2C(=O)C(O)=C(C(=O)c3ccco3)C2c2ccc(F)cc2)c1. The molecule has 0 spiro atoms. The second-order valence-electron chi connectivity index (χ2n) is 6.54. The number of carbonyl (C=O) groups excluding carboxylic acids is 2. The van der Waals surface area contributed by atoms with Gasteiger partial charge in [-0.25, -0.2) is 4.39 Å². The fourth-order valence-electron chi connectivity index (χ4n) is 3.38. The van der Waals surface area contributed by atoms with Crippen molar-refractivity contribution >= 4 is 17.4 Å². The molecule has 4 rings (SSSR count). The van der Waals surface area contributed by atoms with Crippen molar-refractivity contribution in [2.75, 3.05) is 4.90 Å². The molecule has 1 unspecified atom stereocenters. The van der Waals surface area contributed by atoms with Crippen LogP contribution in [0.4, 0.5) is 10.1 Å². The van der Waals surface area contributed by atoms with Crippen LogP contribution in [-0.4, -0.2) is 16.8 Å². The fraction of sp³-hybridized carbons (Fsp3) is 0.0909. The monoisotopic (exact) mass is 377 g/mol. The van der Waals surface area contributed by atoms with E-state index >= 15 is 0 Å². The Balaban J connectivity index is 1.89. The summed E-state index contributed by atoms with van der Waals surface area (Å²) in [6, 6.07) is 14.7. The van der Waals surface area contributed by atoms with Crippen LogP contribution in [0.15, 0.2) is 82.7 Å². The molecule has 1 aliphatic rings. The number of furan rings is 1. The highest BCUT2D eigenvalue weighted by molar-refractivity contribution is 6.20. The zero-order valence-corrected chi connectivity index (χ0v) is 14.9. The van der Waals surface area contributed by atoms with Crippen LogP contribution in [0.2, 0.25) is 0 Å². The molecular weight excluding hydrogens is 361 g/mol. The highest BCUT2D eigenvalue weighted by atomic mass is 19.1. The van der Waals surface area contributed by atoms with Crippen LogP contribution in [0, 0.1) is 12.7 Å². The van der Waals surface area contributed by atoms with E-state index in [-0.39, 0.29) is 11.3 Å². The van der Waals surface area contributed by atoms with Gasteiger partial charge < -0.3 is 9.52 Å². The van der Waals surface area contributed by atoms with Gasteiger partial charge in [0, 0.05) is 5.69 Å². The van der Waals surface area contributed by atoms with Crippen molar-refractivity contribution in [3.8, 4) is 0 Å². The van der Waals surface area contributed by atoms with Crippen LogP contribution < -0.4 is 4.90 Å². The summed E-state index contributed by atoms with van der Waals surface area (Å²) >= 11 is 0. The van der Waals surface area contributed by atoms with Crippen LogP contribution >= 0.6 is 0 Å². The average Bonchev–Trinajstić information content (AvgIpc) is 3.30. The zero-order valence-electron chi connectivity index (χ0n) is 14.9. The molecule has 140 valence electrons. The van der Waals surface area contributed by atoms with Crippen molar-refractivity contribution in [3.05, 3.63) is 101 Å². The van der Waals surface area contributed by atoms with Crippen LogP contribution in [0.3, 0.4) is 0 Å². The summed E-state index contributed by atoms with van der Waals surface area (Å²) in [6.07, 6.45) is 1.34. The molecule has 6 heteroatoms. The molecule has 0 fully saturated rings. The van der Waals surface area contributed by atoms with Gasteiger partial charge in [0.2, 0.25) is 5.78 Å². The number of hydrogen-bond donors (Lipinski definition) is 1. The van der Waals surface area contributed by atoms with E-state index in [1.165, 1.54) is 41.5 Å². The van der Waals surface area contributed by atoms with E-state index in [0.29, 0.717) is 11.3 Å². The molecule has 0 radical (unpaired) electrons. The standard InChI is InChI=1S/C22H16FNO4/c1-13-4-2-5-16(12-13)24-19(14-7-9-15(23)10-8-14)18(21(26)22(24)27)20(25)17-6-3-11-28-17/h2-12,19,26H,1H3. The molecule has 1 aromatic heterocycles. The Kier molecular flexibility index (Phi) is 4.31. The van der Waals surface area contributed by atoms with Gasteiger partial charge in [0.25, 0.3) is 5.91 Å². The van der Waals surface area contributed by atoms with Crippen molar-refractivity contribution in [1.29, 1.82) is 0 Å². The number of halogens is 1. The van der Waals surface area contributed by atoms with Gasteiger partial charge in [0.15, 0.2) is 11.5 Å². The lowest BCUT2D eigenvalue weighted by Gasteiger charge is -2.27. The first kappa shape index (κ1) is 17.7. The molecule has 1 N–H and O–H groups in total. The molecule has 2 heterocycles. The molecular formula is C22H16FNO4. The number of benzene rings is 2. The number of nitrogens with zero attached hydrogens (tertiary/aromatic N) is 1. The van der Waals surface area contributed by atoms with E-state index < -0.39 is 29.3 Å². The molecule has 1 aliphatic heterocycles. The minimum atomic E-state index is -0.910. The Morgan fingerprint density at radius 3 is 2.50 bits per heavy atom. The maximum atomic E-state index is 13.5. The molecule has 2 aromatic carbocycles. The van der Waals surface area contributed by atoms with Gasteiger partial charge in [0.05, 0.1) is 17.9 Å². The molecule has 1 amide bonds. The number of Topliss-reactive ketones (excluding diaryl/α,β-unsaturated/α-hetero) is 1. The first-order chi connectivity index (χ1) is 13.5. The quantitative estimate of drug-likeness (QED) is 0.679. The number of aryl methyl sites for hydroxylation is 1. The minimum Gasteiger partial charge on any atom is -0.503 e. The van der Waals surface area contributed by atoms with Crippen molar-refractivity contribution < 1.29 is 23.5 Å². The lowest BCUT2D eigenvalue weighted by molar-refractivity contribution is -0.117. The normalized spacial score (nSPS) is 16.7. The molecule has 0 aliphatic carbocycles. The lowest BCUT2D eigenvalue weighted by atomic mass is 9.94. The summed E-state index contributed by atoms with van der Waals surface area (Å²) in [6.45, 7) is 1.87. The Morgan fingerprint density at radius 2 is 1.86 bits per heavy atom. The number of anilines is 1. The molecule has 0 saturated heterocycles. The Hall–Kier alpha value is -3.67. The van der Waals surface area contributed by atoms with Crippen molar-refractivity contribution in [2.45, 2.75) is 13.0 Å². The van der Waals surface area contributed by atoms with Crippen LogP contribution in [-0.2, 0) is 4.79 Å². The predicted octanol–water partition coefficient (Wildman–Crippen LogP) is 4.51. The second-order valence-corrected chi connectivity index (χ2v) is 6.54. The van der Waals surface area contributed by atoms with Gasteiger partial charge in [-0.15, -0.1) is 0 Å². The van der Waals surface area contributed by atoms with Crippen LogP contribution in [0.1, 0.15) is 27.7 Å². The first-order valence-corrected chi connectivity index (χ1v) is 8.64. The molecule has 5 nitrogen and oxygen atoms in total. The Morgan fingerprint density at radius 1 is 1.11 bits per heavy atom. The number of aliphatic hydroxyl groups excluding tert-OH is 1. The van der Waals surface area contributed by atoms with Crippen LogP contribution in [0.25, 0.3) is 0 Å². The minimum absolute atomic E-state index is 0.00699. The van der Waals surface area contributed by atoms with Crippen molar-refractivity contribution in [3.63, 3.8) is 0 Å². The number of amides is 1. The molecule has 28 heavy (non-hydrogen) atoms.